The summed E-state index contributed by atoms with van der Waals surface area (Å²) < 4.78 is 16.9. The van der Waals surface area contributed by atoms with E-state index in [2.05, 4.69) is 31.8 Å². The molecule has 0 unspecified atom stereocenters. The predicted octanol–water partition coefficient (Wildman–Crippen LogP) is 6.49. The smallest absolute Gasteiger partial charge is 0.225 e. The first-order chi connectivity index (χ1) is 19.2. The highest BCUT2D eigenvalue weighted by Gasteiger charge is 2.25. The summed E-state index contributed by atoms with van der Waals surface area (Å²) in [5, 5.41) is 16.6. The van der Waals surface area contributed by atoms with Crippen LogP contribution < -0.4 is 4.90 Å². The highest BCUT2D eigenvalue weighted by Crippen LogP contribution is 2.29. The Morgan fingerprint density at radius 2 is 1.70 bits per heavy atom. The van der Waals surface area contributed by atoms with Crippen molar-refractivity contribution in [3.8, 4) is 0 Å². The van der Waals surface area contributed by atoms with Crippen LogP contribution in [0, 0.1) is 19.7 Å². The van der Waals surface area contributed by atoms with E-state index >= 15 is 0 Å². The van der Waals surface area contributed by atoms with Crippen molar-refractivity contribution >= 4 is 29.5 Å². The van der Waals surface area contributed by atoms with Crippen LogP contribution >= 0.6 is 0 Å². The fraction of sp³-hybridized carbons (Fsp3) is 0.452. The van der Waals surface area contributed by atoms with E-state index in [-0.39, 0.29) is 17.6 Å². The van der Waals surface area contributed by atoms with Crippen molar-refractivity contribution in [3.63, 3.8) is 0 Å². The summed E-state index contributed by atoms with van der Waals surface area (Å²) in [6.07, 6.45) is 9.87. The third-order valence-corrected chi connectivity index (χ3v) is 6.58. The lowest BCUT2D eigenvalue weighted by molar-refractivity contribution is 0.101. The number of Topliss-reactive ketones (excluding diaryl/α,β-unsaturated/α-hetero) is 1. The molecule has 3 heterocycles. The van der Waals surface area contributed by atoms with Crippen molar-refractivity contribution in [3.05, 3.63) is 70.6 Å². The van der Waals surface area contributed by atoms with Crippen molar-refractivity contribution in [2.45, 2.75) is 73.8 Å². The van der Waals surface area contributed by atoms with Gasteiger partial charge in [-0.2, -0.15) is 0 Å². The largest absolute Gasteiger partial charge is 0.396 e. The Morgan fingerprint density at radius 3 is 2.23 bits per heavy atom. The summed E-state index contributed by atoms with van der Waals surface area (Å²) in [6, 6.07) is 3.49. The van der Waals surface area contributed by atoms with Gasteiger partial charge >= 0.3 is 0 Å². The SMILES string of the molecule is C=Cc1c(/C=C(\C)c2ccc(C(C)=O)c(C)c2F)nnn1C1CCN(c2ncc(C)cn2)CC1.CC.CCCO. The molecular weight excluding hydrogens is 507 g/mol. The molecule has 9 heteroatoms. The highest BCUT2D eigenvalue weighted by atomic mass is 19.1. The topological polar surface area (TPSA) is 97.0 Å². The van der Waals surface area contributed by atoms with Gasteiger partial charge in [-0.25, -0.2) is 19.0 Å². The van der Waals surface area contributed by atoms with Crippen molar-refractivity contribution < 1.29 is 14.3 Å². The standard InChI is InChI=1S/C26H29FN6O.C3H8O.C2H6/c1-6-24-23(13-17(3)21-7-8-22(19(5)34)18(4)25(21)27)30-31-33(24)20-9-11-32(12-10-20)26-28-14-16(2)15-29-26;1-2-3-4;1-2/h6-8,13-15,20H,1,9-12H2,2-5H3;4H,2-3H2,1H3;1-2H3/b17-13+;;. The van der Waals surface area contributed by atoms with E-state index < -0.39 is 0 Å². The first-order valence-corrected chi connectivity index (χ1v) is 13.9. The number of hydrogen-bond acceptors (Lipinski definition) is 7. The van der Waals surface area contributed by atoms with Crippen molar-refractivity contribution in [2.24, 2.45) is 0 Å². The number of allylic oxidation sites excluding steroid dienone is 1. The molecule has 1 fully saturated rings. The molecule has 8 nitrogen and oxygen atoms in total. The quantitative estimate of drug-likeness (QED) is 0.336. The summed E-state index contributed by atoms with van der Waals surface area (Å²) in [5.74, 6) is 0.208. The van der Waals surface area contributed by atoms with Gasteiger partial charge in [0.2, 0.25) is 5.95 Å². The maximum atomic E-state index is 15.0. The minimum Gasteiger partial charge on any atom is -0.396 e. The van der Waals surface area contributed by atoms with Crippen LogP contribution in [0.3, 0.4) is 0 Å². The second kappa shape index (κ2) is 15.8. The van der Waals surface area contributed by atoms with Gasteiger partial charge in [0.05, 0.1) is 11.7 Å². The molecule has 0 spiro atoms. The summed E-state index contributed by atoms with van der Waals surface area (Å²) in [4.78, 5) is 22.8. The number of carbonyl (C=O) groups excluding carboxylic acids is 1. The second-order valence-electron chi connectivity index (χ2n) is 9.49. The molecule has 1 saturated heterocycles. The van der Waals surface area contributed by atoms with Gasteiger partial charge < -0.3 is 10.0 Å². The molecule has 0 saturated carbocycles. The van der Waals surface area contributed by atoms with E-state index in [1.807, 2.05) is 57.8 Å². The number of rotatable bonds is 7. The first-order valence-electron chi connectivity index (χ1n) is 13.9. The predicted molar refractivity (Wildman–Crippen MR) is 161 cm³/mol. The Labute approximate surface area is 237 Å². The molecule has 1 aliphatic heterocycles. The zero-order valence-electron chi connectivity index (χ0n) is 24.9. The maximum absolute atomic E-state index is 15.0. The molecule has 0 bridgehead atoms. The molecule has 1 aromatic carbocycles. The average molecular weight is 551 g/mol. The molecule has 2 aromatic heterocycles. The highest BCUT2D eigenvalue weighted by molar-refractivity contribution is 5.96. The third kappa shape index (κ3) is 7.91. The number of benzene rings is 1. The normalized spacial score (nSPS) is 13.6. The number of anilines is 1. The van der Waals surface area contributed by atoms with Crippen molar-refractivity contribution in [1.82, 2.24) is 25.0 Å². The van der Waals surface area contributed by atoms with E-state index in [1.54, 1.807) is 25.1 Å². The summed E-state index contributed by atoms with van der Waals surface area (Å²) in [7, 11) is 0. The molecule has 1 aliphatic rings. The van der Waals surface area contributed by atoms with Crippen molar-refractivity contribution in [2.75, 3.05) is 24.6 Å². The van der Waals surface area contributed by atoms with Gasteiger partial charge in [0, 0.05) is 43.2 Å². The van der Waals surface area contributed by atoms with Crippen LogP contribution in [-0.4, -0.2) is 55.5 Å². The number of carbonyl (C=O) groups is 1. The molecule has 0 amide bonds. The minimum atomic E-state index is -0.389. The lowest BCUT2D eigenvalue weighted by atomic mass is 9.97. The maximum Gasteiger partial charge on any atom is 0.225 e. The fourth-order valence-corrected chi connectivity index (χ4v) is 4.40. The van der Waals surface area contributed by atoms with Crippen LogP contribution in [0.1, 0.15) is 98.4 Å². The van der Waals surface area contributed by atoms with Crippen molar-refractivity contribution in [1.29, 1.82) is 0 Å². The molecule has 40 heavy (non-hydrogen) atoms. The molecule has 216 valence electrons. The molecule has 4 rings (SSSR count). The summed E-state index contributed by atoms with van der Waals surface area (Å²) in [6.45, 7) is 18.7. The monoisotopic (exact) mass is 550 g/mol. The van der Waals surface area contributed by atoms with Crippen LogP contribution in [0.25, 0.3) is 17.7 Å². The van der Waals surface area contributed by atoms with Crippen LogP contribution in [-0.2, 0) is 0 Å². The van der Waals surface area contributed by atoms with Crippen LogP contribution in [0.4, 0.5) is 10.3 Å². The van der Waals surface area contributed by atoms with E-state index in [4.69, 9.17) is 5.11 Å². The first kappa shape index (κ1) is 32.5. The van der Waals surface area contributed by atoms with Gasteiger partial charge in [0.15, 0.2) is 5.78 Å². The van der Waals surface area contributed by atoms with E-state index in [1.165, 1.54) is 6.92 Å². The number of aromatic nitrogens is 5. The number of aliphatic hydroxyl groups excluding tert-OH is 1. The lowest BCUT2D eigenvalue weighted by Crippen LogP contribution is -2.36. The Morgan fingerprint density at radius 1 is 1.12 bits per heavy atom. The molecular formula is C31H43FN6O2. The summed E-state index contributed by atoms with van der Waals surface area (Å²) in [5.41, 5.74) is 4.39. The molecule has 0 radical (unpaired) electrons. The Kier molecular flexibility index (Phi) is 12.8. The van der Waals surface area contributed by atoms with Gasteiger partial charge in [-0.1, -0.05) is 44.7 Å². The number of halogens is 1. The number of aryl methyl sites for hydroxylation is 1. The number of ketones is 1. The van der Waals surface area contributed by atoms with Crippen LogP contribution in [0.2, 0.25) is 0 Å². The summed E-state index contributed by atoms with van der Waals surface area (Å²) >= 11 is 0. The Bertz CT molecular complexity index is 1290. The average Bonchev–Trinajstić information content (AvgIpc) is 3.38. The zero-order chi connectivity index (χ0) is 29.8. The second-order valence-corrected chi connectivity index (χ2v) is 9.49. The number of nitrogens with zero attached hydrogens (tertiary/aromatic N) is 6. The van der Waals surface area contributed by atoms with E-state index in [0.29, 0.717) is 34.6 Å². The molecule has 0 aliphatic carbocycles. The van der Waals surface area contributed by atoms with E-state index in [0.717, 1.165) is 49.6 Å². The number of piperidine rings is 1. The van der Waals surface area contributed by atoms with Gasteiger partial charge in [0.1, 0.15) is 11.5 Å². The number of aliphatic hydroxyl groups is 1. The molecule has 0 atom stereocenters. The van der Waals surface area contributed by atoms with Gasteiger partial charge in [-0.15, -0.1) is 5.10 Å². The van der Waals surface area contributed by atoms with Crippen LogP contribution in [0.5, 0.6) is 0 Å². The minimum absolute atomic E-state index is 0.151. The van der Waals surface area contributed by atoms with Gasteiger partial charge in [-0.05, 0) is 75.8 Å². The third-order valence-electron chi connectivity index (χ3n) is 6.58. The van der Waals surface area contributed by atoms with E-state index in [9.17, 15) is 9.18 Å². The Hall–Kier alpha value is -3.72. The zero-order valence-corrected chi connectivity index (χ0v) is 24.9. The lowest BCUT2D eigenvalue weighted by Gasteiger charge is -2.32. The Balaban J connectivity index is 0.000000858. The van der Waals surface area contributed by atoms with Gasteiger partial charge in [-0.3, -0.25) is 4.79 Å². The number of hydrogen-bond donors (Lipinski definition) is 1. The molecule has 1 N–H and O–H groups in total. The van der Waals surface area contributed by atoms with Gasteiger partial charge in [0.25, 0.3) is 0 Å². The molecule has 3 aromatic rings. The van der Waals surface area contributed by atoms with Crippen LogP contribution in [0.15, 0.2) is 31.1 Å². The fourth-order valence-electron chi connectivity index (χ4n) is 4.40.